The number of fused-ring (bicyclic) bond motifs is 1. The SMILES string of the molecule is O=C(c1cccc2[nH]cnc12)N1CCO[C@@H](c2ccccc2F)C1. The topological polar surface area (TPSA) is 58.2 Å². The number of imidazole rings is 1. The Balaban J connectivity index is 1.61. The molecular formula is C18H16FN3O2. The first-order valence-corrected chi connectivity index (χ1v) is 7.81. The highest BCUT2D eigenvalue weighted by molar-refractivity contribution is 6.04. The van der Waals surface area contributed by atoms with Crippen LogP contribution in [0.25, 0.3) is 11.0 Å². The third-order valence-electron chi connectivity index (χ3n) is 4.29. The van der Waals surface area contributed by atoms with Gasteiger partial charge in [0.15, 0.2) is 0 Å². The predicted molar refractivity (Wildman–Crippen MR) is 87.1 cm³/mol. The van der Waals surface area contributed by atoms with E-state index < -0.39 is 6.10 Å². The van der Waals surface area contributed by atoms with E-state index in [1.54, 1.807) is 35.5 Å². The Kier molecular flexibility index (Phi) is 3.74. The second-order valence-corrected chi connectivity index (χ2v) is 5.74. The zero-order valence-electron chi connectivity index (χ0n) is 12.9. The van der Waals surface area contributed by atoms with Crippen LogP contribution in [-0.4, -0.2) is 40.5 Å². The molecule has 5 nitrogen and oxygen atoms in total. The number of hydrogen-bond acceptors (Lipinski definition) is 3. The number of carbonyl (C=O) groups excluding carboxylic acids is 1. The highest BCUT2D eigenvalue weighted by Crippen LogP contribution is 2.26. The normalized spacial score (nSPS) is 18.0. The van der Waals surface area contributed by atoms with Gasteiger partial charge in [0.05, 0.1) is 30.6 Å². The van der Waals surface area contributed by atoms with Crippen molar-refractivity contribution in [2.75, 3.05) is 19.7 Å². The summed E-state index contributed by atoms with van der Waals surface area (Å²) in [6.07, 6.45) is 1.12. The van der Waals surface area contributed by atoms with Gasteiger partial charge in [-0.1, -0.05) is 24.3 Å². The van der Waals surface area contributed by atoms with Gasteiger partial charge in [0.25, 0.3) is 5.91 Å². The maximum atomic E-state index is 14.0. The van der Waals surface area contributed by atoms with Gasteiger partial charge in [0.1, 0.15) is 17.4 Å². The highest BCUT2D eigenvalue weighted by Gasteiger charge is 2.28. The number of rotatable bonds is 2. The molecule has 3 aromatic rings. The van der Waals surface area contributed by atoms with Crippen molar-refractivity contribution in [2.45, 2.75) is 6.10 Å². The maximum absolute atomic E-state index is 14.0. The quantitative estimate of drug-likeness (QED) is 0.788. The number of H-pyrrole nitrogens is 1. The molecule has 2 aromatic carbocycles. The fourth-order valence-corrected chi connectivity index (χ4v) is 3.07. The summed E-state index contributed by atoms with van der Waals surface area (Å²) in [7, 11) is 0. The van der Waals surface area contributed by atoms with Crippen LogP contribution in [0, 0.1) is 5.82 Å². The van der Waals surface area contributed by atoms with E-state index in [2.05, 4.69) is 9.97 Å². The molecule has 24 heavy (non-hydrogen) atoms. The summed E-state index contributed by atoms with van der Waals surface area (Å²) in [5, 5.41) is 0. The fourth-order valence-electron chi connectivity index (χ4n) is 3.07. The number of nitrogens with one attached hydrogen (secondary N) is 1. The lowest BCUT2D eigenvalue weighted by Crippen LogP contribution is -2.42. The van der Waals surface area contributed by atoms with Gasteiger partial charge in [-0.2, -0.15) is 0 Å². The minimum absolute atomic E-state index is 0.114. The molecule has 2 heterocycles. The second-order valence-electron chi connectivity index (χ2n) is 5.74. The van der Waals surface area contributed by atoms with Crippen LogP contribution in [0.1, 0.15) is 22.0 Å². The number of para-hydroxylation sites is 1. The fraction of sp³-hybridized carbons (Fsp3) is 0.222. The average molecular weight is 325 g/mol. The number of halogens is 1. The van der Waals surface area contributed by atoms with Crippen LogP contribution in [0.4, 0.5) is 4.39 Å². The van der Waals surface area contributed by atoms with E-state index in [4.69, 9.17) is 4.74 Å². The Hall–Kier alpha value is -2.73. The number of hydrogen-bond donors (Lipinski definition) is 1. The molecule has 0 aliphatic carbocycles. The number of benzene rings is 2. The number of morpholine rings is 1. The van der Waals surface area contributed by atoms with Gasteiger partial charge in [-0.3, -0.25) is 4.79 Å². The molecule has 1 amide bonds. The van der Waals surface area contributed by atoms with Crippen molar-refractivity contribution in [1.29, 1.82) is 0 Å². The van der Waals surface area contributed by atoms with E-state index in [0.717, 1.165) is 5.52 Å². The largest absolute Gasteiger partial charge is 0.370 e. The lowest BCUT2D eigenvalue weighted by molar-refractivity contribution is -0.0242. The van der Waals surface area contributed by atoms with Crippen molar-refractivity contribution in [2.24, 2.45) is 0 Å². The highest BCUT2D eigenvalue weighted by atomic mass is 19.1. The zero-order chi connectivity index (χ0) is 16.5. The third-order valence-corrected chi connectivity index (χ3v) is 4.29. The van der Waals surface area contributed by atoms with Crippen molar-refractivity contribution in [3.8, 4) is 0 Å². The molecular weight excluding hydrogens is 309 g/mol. The lowest BCUT2D eigenvalue weighted by atomic mass is 10.1. The molecule has 0 unspecified atom stereocenters. The Bertz CT molecular complexity index is 893. The number of carbonyl (C=O) groups is 1. The van der Waals surface area contributed by atoms with Crippen LogP contribution in [0.3, 0.4) is 0 Å². The molecule has 1 aromatic heterocycles. The molecule has 4 rings (SSSR count). The summed E-state index contributed by atoms with van der Waals surface area (Å²) in [5.41, 5.74) is 2.49. The van der Waals surface area contributed by atoms with Crippen LogP contribution >= 0.6 is 0 Å². The maximum Gasteiger partial charge on any atom is 0.256 e. The van der Waals surface area contributed by atoms with Gasteiger partial charge in [-0.25, -0.2) is 9.37 Å². The molecule has 0 radical (unpaired) electrons. The zero-order valence-corrected chi connectivity index (χ0v) is 12.9. The minimum atomic E-state index is -0.456. The molecule has 1 atom stereocenters. The lowest BCUT2D eigenvalue weighted by Gasteiger charge is -2.33. The standard InChI is InChI=1S/C18H16FN3O2/c19-14-6-2-1-4-12(14)16-10-22(8-9-24-16)18(23)13-5-3-7-15-17(13)21-11-20-15/h1-7,11,16H,8-10H2,(H,20,21)/t16-/m1/s1. The third kappa shape index (κ3) is 2.55. The molecule has 1 N–H and O–H groups in total. The number of amides is 1. The van der Waals surface area contributed by atoms with Crippen LogP contribution in [-0.2, 0) is 4.74 Å². The van der Waals surface area contributed by atoms with Gasteiger partial charge >= 0.3 is 0 Å². The number of aromatic amines is 1. The van der Waals surface area contributed by atoms with E-state index in [9.17, 15) is 9.18 Å². The predicted octanol–water partition coefficient (Wildman–Crippen LogP) is 2.92. The van der Waals surface area contributed by atoms with Crippen LogP contribution < -0.4 is 0 Å². The summed E-state index contributed by atoms with van der Waals surface area (Å²) in [6, 6.07) is 12.0. The molecule has 122 valence electrons. The molecule has 6 heteroatoms. The monoisotopic (exact) mass is 325 g/mol. The van der Waals surface area contributed by atoms with E-state index in [1.807, 2.05) is 12.1 Å². The van der Waals surface area contributed by atoms with Crippen molar-refractivity contribution in [3.05, 3.63) is 65.7 Å². The van der Waals surface area contributed by atoms with Gasteiger partial charge in [0.2, 0.25) is 0 Å². The molecule has 0 spiro atoms. The summed E-state index contributed by atoms with van der Waals surface area (Å²) < 4.78 is 19.7. The van der Waals surface area contributed by atoms with Gasteiger partial charge < -0.3 is 14.6 Å². The second kappa shape index (κ2) is 6.05. The first-order chi connectivity index (χ1) is 11.7. The minimum Gasteiger partial charge on any atom is -0.370 e. The van der Waals surface area contributed by atoms with Gasteiger partial charge in [0, 0.05) is 12.1 Å². The molecule has 1 aliphatic heterocycles. The van der Waals surface area contributed by atoms with E-state index in [-0.39, 0.29) is 11.7 Å². The summed E-state index contributed by atoms with van der Waals surface area (Å²) >= 11 is 0. The summed E-state index contributed by atoms with van der Waals surface area (Å²) in [5.74, 6) is -0.427. The molecule has 1 saturated heterocycles. The molecule has 1 aliphatic rings. The summed E-state index contributed by atoms with van der Waals surface area (Å²) in [6.45, 7) is 1.17. The Morgan fingerprint density at radius 3 is 3.00 bits per heavy atom. The number of ether oxygens (including phenoxy) is 1. The summed E-state index contributed by atoms with van der Waals surface area (Å²) in [4.78, 5) is 21.8. The molecule has 1 fully saturated rings. The Morgan fingerprint density at radius 1 is 1.25 bits per heavy atom. The van der Waals surface area contributed by atoms with Gasteiger partial charge in [-0.05, 0) is 18.2 Å². The average Bonchev–Trinajstić information content (AvgIpc) is 3.10. The van der Waals surface area contributed by atoms with E-state index >= 15 is 0 Å². The Labute approximate surface area is 138 Å². The smallest absolute Gasteiger partial charge is 0.256 e. The van der Waals surface area contributed by atoms with Crippen molar-refractivity contribution in [3.63, 3.8) is 0 Å². The van der Waals surface area contributed by atoms with Crippen molar-refractivity contribution < 1.29 is 13.9 Å². The molecule has 0 bridgehead atoms. The van der Waals surface area contributed by atoms with E-state index in [0.29, 0.717) is 36.3 Å². The Morgan fingerprint density at radius 2 is 2.12 bits per heavy atom. The van der Waals surface area contributed by atoms with Crippen molar-refractivity contribution in [1.82, 2.24) is 14.9 Å². The van der Waals surface area contributed by atoms with E-state index in [1.165, 1.54) is 6.07 Å². The van der Waals surface area contributed by atoms with Gasteiger partial charge in [-0.15, -0.1) is 0 Å². The number of nitrogens with zero attached hydrogens (tertiary/aromatic N) is 2. The molecule has 0 saturated carbocycles. The first kappa shape index (κ1) is 14.8. The van der Waals surface area contributed by atoms with Crippen molar-refractivity contribution >= 4 is 16.9 Å². The van der Waals surface area contributed by atoms with Crippen LogP contribution in [0.2, 0.25) is 0 Å². The van der Waals surface area contributed by atoms with Crippen LogP contribution in [0.15, 0.2) is 48.8 Å². The number of aromatic nitrogens is 2. The van der Waals surface area contributed by atoms with Crippen LogP contribution in [0.5, 0.6) is 0 Å². The first-order valence-electron chi connectivity index (χ1n) is 7.81.